The molecule has 0 radical (unpaired) electrons. The number of hydrogen-bond donors (Lipinski definition) is 0. The van der Waals surface area contributed by atoms with Crippen molar-refractivity contribution in [3.05, 3.63) is 36.5 Å². The summed E-state index contributed by atoms with van der Waals surface area (Å²) >= 11 is 0. The second-order valence-corrected chi connectivity index (χ2v) is 6.22. The largest absolute Gasteiger partial charge is 0.462 e. The zero-order chi connectivity index (χ0) is 20.7. The number of amides is 2. The van der Waals surface area contributed by atoms with Gasteiger partial charge in [-0.15, -0.1) is 0 Å². The van der Waals surface area contributed by atoms with Gasteiger partial charge in [-0.05, 0) is 31.9 Å². The van der Waals surface area contributed by atoms with Crippen molar-refractivity contribution in [3.63, 3.8) is 0 Å². The molecule has 2 amide bonds. The van der Waals surface area contributed by atoms with Crippen LogP contribution in [0.1, 0.15) is 59.3 Å². The maximum atomic E-state index is 12.5. The second kappa shape index (κ2) is 14.9. The average molecular weight is 379 g/mol. The molecule has 0 atom stereocenters. The fourth-order valence-electron chi connectivity index (χ4n) is 2.12. The Morgan fingerprint density at radius 2 is 1.67 bits per heavy atom. The Morgan fingerprint density at radius 3 is 2.26 bits per heavy atom. The van der Waals surface area contributed by atoms with E-state index in [1.807, 2.05) is 6.92 Å². The lowest BCUT2D eigenvalue weighted by Crippen LogP contribution is -2.38. The summed E-state index contributed by atoms with van der Waals surface area (Å²) in [6.07, 6.45) is 8.15. The molecule has 152 valence electrons. The molecular weight excluding hydrogens is 346 g/mol. The minimum Gasteiger partial charge on any atom is -0.462 e. The number of imide groups is 1. The molecule has 6 nitrogen and oxygen atoms in total. The van der Waals surface area contributed by atoms with Gasteiger partial charge in [0.2, 0.25) is 0 Å². The lowest BCUT2D eigenvalue weighted by Gasteiger charge is -2.19. The van der Waals surface area contributed by atoms with Crippen molar-refractivity contribution in [2.24, 2.45) is 0 Å². The van der Waals surface area contributed by atoms with Crippen LogP contribution in [0.5, 0.6) is 0 Å². The van der Waals surface area contributed by atoms with Crippen LogP contribution in [0, 0.1) is 0 Å². The van der Waals surface area contributed by atoms with E-state index in [0.717, 1.165) is 49.5 Å². The number of carbonyl (C=O) groups excluding carboxylic acids is 3. The molecule has 0 saturated heterocycles. The number of ether oxygens (including phenoxy) is 2. The maximum Gasteiger partial charge on any atom is 0.337 e. The van der Waals surface area contributed by atoms with E-state index in [2.05, 4.69) is 20.1 Å². The van der Waals surface area contributed by atoms with Crippen LogP contribution in [0.25, 0.3) is 0 Å². The predicted octanol–water partition coefficient (Wildman–Crippen LogP) is 3.93. The quantitative estimate of drug-likeness (QED) is 0.150. The molecule has 0 aromatic heterocycles. The number of unbranched alkanes of at least 4 members (excludes halogenated alkanes) is 4. The van der Waals surface area contributed by atoms with Gasteiger partial charge in [0.1, 0.15) is 6.73 Å². The molecule has 0 saturated carbocycles. The highest BCUT2D eigenvalue weighted by molar-refractivity contribution is 6.08. The molecule has 27 heavy (non-hydrogen) atoms. The van der Waals surface area contributed by atoms with E-state index in [0.29, 0.717) is 13.2 Å². The van der Waals surface area contributed by atoms with Crippen molar-refractivity contribution in [3.8, 4) is 0 Å². The van der Waals surface area contributed by atoms with Gasteiger partial charge in [0.25, 0.3) is 11.8 Å². The molecule has 0 aliphatic heterocycles. The molecule has 0 aliphatic carbocycles. The smallest absolute Gasteiger partial charge is 0.337 e. The van der Waals surface area contributed by atoms with Gasteiger partial charge in [-0.2, -0.15) is 0 Å². The number of rotatable bonds is 14. The Bertz CT molecular complexity index is 551. The summed E-state index contributed by atoms with van der Waals surface area (Å²) in [6.45, 7) is 13.3. The van der Waals surface area contributed by atoms with Crippen molar-refractivity contribution >= 4 is 17.8 Å². The van der Waals surface area contributed by atoms with E-state index < -0.39 is 17.8 Å². The molecule has 0 bridgehead atoms. The third-order valence-electron chi connectivity index (χ3n) is 3.77. The van der Waals surface area contributed by atoms with Crippen molar-refractivity contribution in [2.45, 2.75) is 59.3 Å². The van der Waals surface area contributed by atoms with Gasteiger partial charge < -0.3 is 9.47 Å². The lowest BCUT2D eigenvalue weighted by atomic mass is 10.1. The number of hydrogen-bond acceptors (Lipinski definition) is 5. The van der Waals surface area contributed by atoms with E-state index in [4.69, 9.17) is 9.47 Å². The summed E-state index contributed by atoms with van der Waals surface area (Å²) in [6, 6.07) is 0. The third kappa shape index (κ3) is 10.5. The first-order valence-corrected chi connectivity index (χ1v) is 9.49. The Labute approximate surface area is 162 Å². The van der Waals surface area contributed by atoms with E-state index in [9.17, 15) is 14.4 Å². The van der Waals surface area contributed by atoms with Gasteiger partial charge in [-0.25, -0.2) is 4.79 Å². The van der Waals surface area contributed by atoms with Crippen LogP contribution in [0.2, 0.25) is 0 Å². The average Bonchev–Trinajstić information content (AvgIpc) is 2.66. The zero-order valence-electron chi connectivity index (χ0n) is 16.9. The van der Waals surface area contributed by atoms with Crippen LogP contribution in [0.4, 0.5) is 0 Å². The van der Waals surface area contributed by atoms with Crippen LogP contribution in [-0.4, -0.2) is 42.6 Å². The molecule has 0 aliphatic rings. The molecule has 6 heteroatoms. The summed E-state index contributed by atoms with van der Waals surface area (Å²) in [5.74, 6) is -1.69. The van der Waals surface area contributed by atoms with Crippen LogP contribution in [0.3, 0.4) is 0 Å². The standard InChI is InChI=1S/C21H33NO5/c1-6-9-11-12-14-27-21(25)18(5)15-17(4)20(24)22(19(23)8-3)16-26-13-10-7-2/h8,15H,3,5-7,9-14,16H2,1-2,4H3. The van der Waals surface area contributed by atoms with Crippen LogP contribution in [-0.2, 0) is 23.9 Å². The topological polar surface area (TPSA) is 72.9 Å². The molecule has 0 rings (SSSR count). The fourth-order valence-corrected chi connectivity index (χ4v) is 2.12. The highest BCUT2D eigenvalue weighted by atomic mass is 16.5. The van der Waals surface area contributed by atoms with Gasteiger partial charge in [0, 0.05) is 12.2 Å². The third-order valence-corrected chi connectivity index (χ3v) is 3.77. The van der Waals surface area contributed by atoms with Crippen LogP contribution >= 0.6 is 0 Å². The van der Waals surface area contributed by atoms with E-state index in [-0.39, 0.29) is 17.9 Å². The van der Waals surface area contributed by atoms with E-state index >= 15 is 0 Å². The highest BCUT2D eigenvalue weighted by Crippen LogP contribution is 2.09. The Kier molecular flexibility index (Phi) is 13.7. The predicted molar refractivity (Wildman–Crippen MR) is 106 cm³/mol. The maximum absolute atomic E-state index is 12.5. The first kappa shape index (κ1) is 24.8. The monoisotopic (exact) mass is 379 g/mol. The van der Waals surface area contributed by atoms with Crippen molar-refractivity contribution < 1.29 is 23.9 Å². The Morgan fingerprint density at radius 1 is 1.00 bits per heavy atom. The summed E-state index contributed by atoms with van der Waals surface area (Å²) in [5, 5.41) is 0. The van der Waals surface area contributed by atoms with Gasteiger partial charge in [-0.3, -0.25) is 14.5 Å². The summed E-state index contributed by atoms with van der Waals surface area (Å²) < 4.78 is 10.5. The van der Waals surface area contributed by atoms with Gasteiger partial charge in [-0.1, -0.05) is 52.7 Å². The first-order valence-electron chi connectivity index (χ1n) is 9.49. The Balaban J connectivity index is 4.76. The normalized spacial score (nSPS) is 11.0. The lowest BCUT2D eigenvalue weighted by molar-refractivity contribution is -0.145. The molecule has 0 aromatic carbocycles. The molecule has 0 heterocycles. The van der Waals surface area contributed by atoms with Crippen molar-refractivity contribution in [1.29, 1.82) is 0 Å². The molecule has 0 spiro atoms. The molecule has 0 unspecified atom stereocenters. The summed E-state index contributed by atoms with van der Waals surface area (Å²) in [4.78, 5) is 37.3. The highest BCUT2D eigenvalue weighted by Gasteiger charge is 2.21. The van der Waals surface area contributed by atoms with E-state index in [1.54, 1.807) is 0 Å². The fraction of sp³-hybridized carbons (Fsp3) is 0.571. The van der Waals surface area contributed by atoms with E-state index in [1.165, 1.54) is 13.0 Å². The van der Waals surface area contributed by atoms with Gasteiger partial charge >= 0.3 is 5.97 Å². The van der Waals surface area contributed by atoms with Gasteiger partial charge in [0.15, 0.2) is 0 Å². The SMILES string of the molecule is C=CC(=O)N(COCCCC)C(=O)C(C)=CC(=C)C(=O)OCCCCCC. The number of esters is 1. The number of carbonyl (C=O) groups is 3. The van der Waals surface area contributed by atoms with Gasteiger partial charge in [0.05, 0.1) is 12.2 Å². The molecular formula is C21H33NO5. The van der Waals surface area contributed by atoms with Crippen LogP contribution < -0.4 is 0 Å². The summed E-state index contributed by atoms with van der Waals surface area (Å²) in [7, 11) is 0. The Hall–Kier alpha value is -2.21. The summed E-state index contributed by atoms with van der Waals surface area (Å²) in [5.41, 5.74) is 0.256. The molecule has 0 fully saturated rings. The minimum absolute atomic E-state index is 0.0641. The second-order valence-electron chi connectivity index (χ2n) is 6.22. The minimum atomic E-state index is -0.570. The molecule has 0 N–H and O–H groups in total. The van der Waals surface area contributed by atoms with Crippen molar-refractivity contribution in [2.75, 3.05) is 19.9 Å². The molecule has 0 aromatic rings. The first-order chi connectivity index (χ1) is 12.9. The number of nitrogens with zero attached hydrogens (tertiary/aromatic N) is 1. The van der Waals surface area contributed by atoms with Crippen LogP contribution in [0.15, 0.2) is 36.5 Å². The van der Waals surface area contributed by atoms with Crippen molar-refractivity contribution in [1.82, 2.24) is 4.90 Å². The zero-order valence-corrected chi connectivity index (χ0v) is 16.9.